The summed E-state index contributed by atoms with van der Waals surface area (Å²) in [5.41, 5.74) is 2.16. The zero-order valence-corrected chi connectivity index (χ0v) is 14.5. The molecule has 124 valence electrons. The number of quaternary nitrogens is 1. The predicted octanol–water partition coefficient (Wildman–Crippen LogP) is 2.75. The van der Waals surface area contributed by atoms with Crippen LogP contribution in [0.3, 0.4) is 0 Å². The topological polar surface area (TPSA) is 46.7 Å². The van der Waals surface area contributed by atoms with E-state index >= 15 is 0 Å². The van der Waals surface area contributed by atoms with Crippen molar-refractivity contribution in [1.29, 1.82) is 0 Å². The van der Waals surface area contributed by atoms with E-state index in [1.54, 1.807) is 0 Å². The van der Waals surface area contributed by atoms with Crippen LogP contribution in [0.2, 0.25) is 0 Å². The minimum Gasteiger partial charge on any atom is -0.460 e. The van der Waals surface area contributed by atoms with Crippen molar-refractivity contribution in [2.24, 2.45) is 0 Å². The quantitative estimate of drug-likeness (QED) is 0.825. The SMILES string of the molecule is CC[C@@H](C)c1ccc(NC(=O)C[NH+](C)Cc2ccc(C)o2)cc1. The van der Waals surface area contributed by atoms with Gasteiger partial charge in [0.05, 0.1) is 7.05 Å². The first-order valence-electron chi connectivity index (χ1n) is 8.24. The smallest absolute Gasteiger partial charge is 0.279 e. The van der Waals surface area contributed by atoms with E-state index in [2.05, 4.69) is 31.3 Å². The Hall–Kier alpha value is -2.07. The standard InChI is InChI=1S/C19H26N2O2/c1-5-14(2)16-7-9-17(10-8-16)20-19(22)13-21(4)12-18-11-6-15(3)23-18/h6-11,14H,5,12-13H2,1-4H3,(H,20,22)/p+1/t14-/m1/s1. The van der Waals surface area contributed by atoms with Gasteiger partial charge < -0.3 is 14.6 Å². The van der Waals surface area contributed by atoms with Gasteiger partial charge in [0.15, 0.2) is 12.3 Å². The van der Waals surface area contributed by atoms with Gasteiger partial charge in [0.1, 0.15) is 12.3 Å². The van der Waals surface area contributed by atoms with Crippen molar-refractivity contribution in [3.05, 3.63) is 53.5 Å². The minimum atomic E-state index is 0.0158. The number of furan rings is 1. The first kappa shape index (κ1) is 17.3. The second kappa shape index (κ2) is 7.97. The Morgan fingerprint density at radius 3 is 2.48 bits per heavy atom. The summed E-state index contributed by atoms with van der Waals surface area (Å²) in [6.07, 6.45) is 1.12. The van der Waals surface area contributed by atoms with Gasteiger partial charge in [-0.1, -0.05) is 26.0 Å². The summed E-state index contributed by atoms with van der Waals surface area (Å²) in [7, 11) is 1.99. The van der Waals surface area contributed by atoms with Gasteiger partial charge in [-0.2, -0.15) is 0 Å². The molecule has 0 aliphatic heterocycles. The summed E-state index contributed by atoms with van der Waals surface area (Å²) in [5, 5.41) is 2.96. The molecule has 1 aromatic carbocycles. The zero-order chi connectivity index (χ0) is 16.8. The van der Waals surface area contributed by atoms with E-state index in [1.165, 1.54) is 5.56 Å². The molecule has 4 nitrogen and oxygen atoms in total. The van der Waals surface area contributed by atoms with Gasteiger partial charge in [-0.05, 0) is 49.1 Å². The normalized spacial score (nSPS) is 13.6. The molecule has 0 aliphatic rings. The summed E-state index contributed by atoms with van der Waals surface area (Å²) >= 11 is 0. The second-order valence-electron chi connectivity index (χ2n) is 6.30. The Bertz CT molecular complexity index is 631. The molecule has 1 heterocycles. The lowest BCUT2D eigenvalue weighted by atomic mass is 9.99. The number of nitrogens with one attached hydrogen (secondary N) is 2. The first-order chi connectivity index (χ1) is 11.0. The molecule has 1 unspecified atom stereocenters. The molecule has 0 fully saturated rings. The average Bonchev–Trinajstić information content (AvgIpc) is 2.91. The molecular formula is C19H27N2O2+. The van der Waals surface area contributed by atoms with Crippen LogP contribution in [0.5, 0.6) is 0 Å². The monoisotopic (exact) mass is 315 g/mol. The van der Waals surface area contributed by atoms with Crippen molar-refractivity contribution in [2.75, 3.05) is 18.9 Å². The number of likely N-dealkylation sites (N-methyl/N-ethyl adjacent to an activating group) is 1. The third-order valence-electron chi connectivity index (χ3n) is 4.11. The van der Waals surface area contributed by atoms with Crippen LogP contribution in [0, 0.1) is 6.92 Å². The maximum atomic E-state index is 12.1. The highest BCUT2D eigenvalue weighted by atomic mass is 16.3. The molecule has 4 heteroatoms. The van der Waals surface area contributed by atoms with Gasteiger partial charge in [0.2, 0.25) is 0 Å². The maximum Gasteiger partial charge on any atom is 0.279 e. The Kier molecular flexibility index (Phi) is 5.99. The van der Waals surface area contributed by atoms with E-state index in [4.69, 9.17) is 4.42 Å². The summed E-state index contributed by atoms with van der Waals surface area (Å²) in [6, 6.07) is 12.0. The molecule has 2 aromatic rings. The Balaban J connectivity index is 1.84. The Labute approximate surface area is 138 Å². The molecular weight excluding hydrogens is 288 g/mol. The number of amides is 1. The lowest BCUT2D eigenvalue weighted by Crippen LogP contribution is -3.08. The van der Waals surface area contributed by atoms with E-state index in [9.17, 15) is 4.79 Å². The predicted molar refractivity (Wildman–Crippen MR) is 92.7 cm³/mol. The van der Waals surface area contributed by atoms with Crippen molar-refractivity contribution in [3.63, 3.8) is 0 Å². The van der Waals surface area contributed by atoms with Crippen LogP contribution in [0.25, 0.3) is 0 Å². The van der Waals surface area contributed by atoms with Gasteiger partial charge in [-0.15, -0.1) is 0 Å². The van der Waals surface area contributed by atoms with Crippen molar-refractivity contribution in [1.82, 2.24) is 0 Å². The summed E-state index contributed by atoms with van der Waals surface area (Å²) in [6.45, 7) is 7.43. The second-order valence-corrected chi connectivity index (χ2v) is 6.30. The summed E-state index contributed by atoms with van der Waals surface area (Å²) in [4.78, 5) is 13.2. The first-order valence-corrected chi connectivity index (χ1v) is 8.24. The fraction of sp³-hybridized carbons (Fsp3) is 0.421. The molecule has 1 aromatic heterocycles. The van der Waals surface area contributed by atoms with E-state index in [0.717, 1.165) is 28.5 Å². The number of benzene rings is 1. The molecule has 0 radical (unpaired) electrons. The van der Waals surface area contributed by atoms with Crippen LogP contribution in [0.4, 0.5) is 5.69 Å². The number of aryl methyl sites for hydroxylation is 1. The molecule has 0 saturated heterocycles. The third-order valence-corrected chi connectivity index (χ3v) is 4.11. The van der Waals surface area contributed by atoms with Gasteiger partial charge in [-0.3, -0.25) is 4.79 Å². The van der Waals surface area contributed by atoms with E-state index in [1.807, 2.05) is 38.2 Å². The molecule has 0 aliphatic carbocycles. The lowest BCUT2D eigenvalue weighted by Gasteiger charge is -2.13. The van der Waals surface area contributed by atoms with Crippen molar-refractivity contribution < 1.29 is 14.1 Å². The molecule has 2 atom stereocenters. The molecule has 0 bridgehead atoms. The Morgan fingerprint density at radius 1 is 1.22 bits per heavy atom. The largest absolute Gasteiger partial charge is 0.460 e. The van der Waals surface area contributed by atoms with Crippen LogP contribution >= 0.6 is 0 Å². The van der Waals surface area contributed by atoms with Gasteiger partial charge >= 0.3 is 0 Å². The number of carbonyl (C=O) groups is 1. The fourth-order valence-corrected chi connectivity index (χ4v) is 2.55. The zero-order valence-electron chi connectivity index (χ0n) is 14.5. The van der Waals surface area contributed by atoms with E-state index in [-0.39, 0.29) is 5.91 Å². The highest BCUT2D eigenvalue weighted by molar-refractivity contribution is 5.91. The van der Waals surface area contributed by atoms with E-state index in [0.29, 0.717) is 19.0 Å². The van der Waals surface area contributed by atoms with Crippen LogP contribution < -0.4 is 10.2 Å². The number of hydrogen-bond acceptors (Lipinski definition) is 2. The number of carbonyl (C=O) groups excluding carboxylic acids is 1. The van der Waals surface area contributed by atoms with Gasteiger partial charge in [0.25, 0.3) is 5.91 Å². The van der Waals surface area contributed by atoms with Crippen LogP contribution in [0.1, 0.15) is 43.3 Å². The number of anilines is 1. The van der Waals surface area contributed by atoms with Crippen LogP contribution in [0.15, 0.2) is 40.8 Å². The van der Waals surface area contributed by atoms with Crippen LogP contribution in [-0.4, -0.2) is 19.5 Å². The van der Waals surface area contributed by atoms with Gasteiger partial charge in [0, 0.05) is 5.69 Å². The average molecular weight is 315 g/mol. The van der Waals surface area contributed by atoms with E-state index < -0.39 is 0 Å². The number of rotatable bonds is 7. The molecule has 2 rings (SSSR count). The molecule has 1 amide bonds. The highest BCUT2D eigenvalue weighted by Crippen LogP contribution is 2.20. The van der Waals surface area contributed by atoms with Crippen LogP contribution in [-0.2, 0) is 11.3 Å². The van der Waals surface area contributed by atoms with Crippen molar-refractivity contribution in [2.45, 2.75) is 39.7 Å². The minimum absolute atomic E-state index is 0.0158. The maximum absolute atomic E-state index is 12.1. The molecule has 0 spiro atoms. The molecule has 0 saturated carbocycles. The summed E-state index contributed by atoms with van der Waals surface area (Å²) in [5.74, 6) is 2.37. The fourth-order valence-electron chi connectivity index (χ4n) is 2.55. The Morgan fingerprint density at radius 2 is 1.91 bits per heavy atom. The third kappa shape index (κ3) is 5.25. The lowest BCUT2D eigenvalue weighted by molar-refractivity contribution is -0.886. The van der Waals surface area contributed by atoms with Crippen molar-refractivity contribution >= 4 is 11.6 Å². The number of hydrogen-bond donors (Lipinski definition) is 2. The van der Waals surface area contributed by atoms with Crippen molar-refractivity contribution in [3.8, 4) is 0 Å². The highest BCUT2D eigenvalue weighted by Gasteiger charge is 2.13. The summed E-state index contributed by atoms with van der Waals surface area (Å²) < 4.78 is 5.55. The molecule has 23 heavy (non-hydrogen) atoms. The molecule has 2 N–H and O–H groups in total. The van der Waals surface area contributed by atoms with Gasteiger partial charge in [-0.25, -0.2) is 0 Å².